The fourth-order valence-electron chi connectivity index (χ4n) is 2.24. The van der Waals surface area contributed by atoms with E-state index >= 15 is 0 Å². The summed E-state index contributed by atoms with van der Waals surface area (Å²) < 4.78 is 20.8. The summed E-state index contributed by atoms with van der Waals surface area (Å²) in [6.45, 7) is 4.13. The lowest BCUT2D eigenvalue weighted by molar-refractivity contribution is -0.112. The second-order valence-electron chi connectivity index (χ2n) is 6.36. The second kappa shape index (κ2) is 17.0. The Morgan fingerprint density at radius 2 is 1.52 bits per heavy atom. The Kier molecular flexibility index (Phi) is 17.1. The van der Waals surface area contributed by atoms with Gasteiger partial charge in [0.15, 0.2) is 10.2 Å². The molecule has 0 aromatic carbocycles. The van der Waals surface area contributed by atoms with E-state index in [1.165, 1.54) is 11.8 Å². The van der Waals surface area contributed by atoms with Gasteiger partial charge in [-0.1, -0.05) is 75.9 Å². The highest BCUT2D eigenvalue weighted by atomic mass is 32.2. The molecule has 27 heavy (non-hydrogen) atoms. The average molecular weight is 443 g/mol. The molecule has 1 N–H and O–H groups in total. The third-order valence-electron chi connectivity index (χ3n) is 3.85. The van der Waals surface area contributed by atoms with Crippen molar-refractivity contribution < 1.29 is 28.1 Å². The number of carbonyl (C=O) groups excluding carboxylic acids is 2. The first-order chi connectivity index (χ1) is 12.8. The zero-order valence-corrected chi connectivity index (χ0v) is 19.3. The van der Waals surface area contributed by atoms with Crippen molar-refractivity contribution in [2.24, 2.45) is 0 Å². The summed E-state index contributed by atoms with van der Waals surface area (Å²) in [5, 5.41) is -0.240. The molecular formula is C18H35O6PS2. The first kappa shape index (κ1) is 27.1. The van der Waals surface area contributed by atoms with Crippen molar-refractivity contribution in [3.63, 3.8) is 0 Å². The Hall–Kier alpha value is 0.150. The van der Waals surface area contributed by atoms with Crippen LogP contribution in [0.1, 0.15) is 78.1 Å². The largest absolute Gasteiger partial charge is 0.471 e. The minimum atomic E-state index is -4.09. The van der Waals surface area contributed by atoms with E-state index in [0.29, 0.717) is 18.6 Å². The summed E-state index contributed by atoms with van der Waals surface area (Å²) >= 11 is 2.27. The van der Waals surface area contributed by atoms with Gasteiger partial charge in [-0.15, -0.1) is 0 Å². The molecule has 6 nitrogen and oxygen atoms in total. The SMILES string of the molecule is CCCCCCC(=O)SC[C@@H](COP(=O)(O)OC)SC(=O)CCCCCC. The summed E-state index contributed by atoms with van der Waals surface area (Å²) in [6, 6.07) is 0. The molecule has 0 aromatic heterocycles. The van der Waals surface area contributed by atoms with Crippen molar-refractivity contribution in [2.45, 2.75) is 83.3 Å². The lowest BCUT2D eigenvalue weighted by Gasteiger charge is -2.17. The molecule has 0 saturated heterocycles. The number of thioether (sulfide) groups is 2. The maximum Gasteiger partial charge on any atom is 0.471 e. The zero-order chi connectivity index (χ0) is 20.5. The molecule has 0 heterocycles. The van der Waals surface area contributed by atoms with Gasteiger partial charge in [0.25, 0.3) is 0 Å². The summed E-state index contributed by atoms with van der Waals surface area (Å²) in [6.07, 6.45) is 9.23. The van der Waals surface area contributed by atoms with Crippen molar-refractivity contribution in [3.05, 3.63) is 0 Å². The van der Waals surface area contributed by atoms with Gasteiger partial charge in [0.2, 0.25) is 0 Å². The Balaban J connectivity index is 4.40. The van der Waals surface area contributed by atoms with Crippen LogP contribution >= 0.6 is 31.3 Å². The van der Waals surface area contributed by atoms with Crippen molar-refractivity contribution in [1.29, 1.82) is 0 Å². The molecule has 1 unspecified atom stereocenters. The van der Waals surface area contributed by atoms with Crippen molar-refractivity contribution in [3.8, 4) is 0 Å². The molecule has 9 heteroatoms. The van der Waals surface area contributed by atoms with Crippen molar-refractivity contribution >= 4 is 41.6 Å². The minimum absolute atomic E-state index is 0.0286. The third kappa shape index (κ3) is 16.8. The normalized spacial score (nSPS) is 14.7. The molecule has 0 fully saturated rings. The van der Waals surface area contributed by atoms with Crippen molar-refractivity contribution in [1.82, 2.24) is 0 Å². The lowest BCUT2D eigenvalue weighted by atomic mass is 10.2. The van der Waals surface area contributed by atoms with Crippen LogP contribution in [0.15, 0.2) is 0 Å². The van der Waals surface area contributed by atoms with E-state index in [9.17, 15) is 19.0 Å². The van der Waals surface area contributed by atoms with E-state index in [2.05, 4.69) is 18.4 Å². The molecule has 0 spiro atoms. The highest BCUT2D eigenvalue weighted by molar-refractivity contribution is 8.17. The molecule has 0 aromatic rings. The second-order valence-corrected chi connectivity index (χ2v) is 10.4. The Morgan fingerprint density at radius 1 is 0.963 bits per heavy atom. The number of phosphoric acid groups is 1. The van der Waals surface area contributed by atoms with Gasteiger partial charge in [0.1, 0.15) is 0 Å². The number of hydrogen-bond acceptors (Lipinski definition) is 7. The van der Waals surface area contributed by atoms with Gasteiger partial charge in [0, 0.05) is 31.0 Å². The Bertz CT molecular complexity index is 461. The van der Waals surface area contributed by atoms with E-state index in [1.807, 2.05) is 0 Å². The average Bonchev–Trinajstić information content (AvgIpc) is 2.64. The third-order valence-corrected chi connectivity index (χ3v) is 7.20. The lowest BCUT2D eigenvalue weighted by Crippen LogP contribution is -2.18. The smallest absolute Gasteiger partial charge is 0.303 e. The van der Waals surface area contributed by atoms with Gasteiger partial charge in [-0.25, -0.2) is 4.57 Å². The fraction of sp³-hybridized carbons (Fsp3) is 0.889. The number of carbonyl (C=O) groups is 2. The van der Waals surface area contributed by atoms with Crippen LogP contribution in [0.25, 0.3) is 0 Å². The summed E-state index contributed by atoms with van der Waals surface area (Å²) in [5.74, 6) is 0.377. The standard InChI is InChI=1S/C18H35O6PS2/c1-4-6-8-10-12-17(19)26-15-16(14-24-25(21,22)23-3)27-18(20)13-11-9-7-5-2/h16H,4-15H2,1-3H3,(H,21,22)/t16-/m1/s1. The van der Waals surface area contributed by atoms with Gasteiger partial charge in [-0.2, -0.15) is 0 Å². The minimum Gasteiger partial charge on any atom is -0.303 e. The van der Waals surface area contributed by atoms with E-state index in [4.69, 9.17) is 4.52 Å². The number of unbranched alkanes of at least 4 members (excludes halogenated alkanes) is 6. The molecule has 160 valence electrons. The predicted octanol–water partition coefficient (Wildman–Crippen LogP) is 5.58. The van der Waals surface area contributed by atoms with E-state index in [0.717, 1.165) is 70.2 Å². The van der Waals surface area contributed by atoms with Crippen LogP contribution in [0.2, 0.25) is 0 Å². The van der Waals surface area contributed by atoms with Gasteiger partial charge < -0.3 is 4.89 Å². The Labute approximate surface area is 172 Å². The van der Waals surface area contributed by atoms with E-state index in [1.54, 1.807) is 0 Å². The van der Waals surface area contributed by atoms with Crippen molar-refractivity contribution in [2.75, 3.05) is 19.5 Å². The van der Waals surface area contributed by atoms with Crippen LogP contribution in [0.4, 0.5) is 0 Å². The molecule has 0 rings (SSSR count). The highest BCUT2D eigenvalue weighted by Crippen LogP contribution is 2.42. The number of hydrogen-bond donors (Lipinski definition) is 1. The summed E-state index contributed by atoms with van der Waals surface area (Å²) in [5.41, 5.74) is 0. The van der Waals surface area contributed by atoms with Gasteiger partial charge in [-0.3, -0.25) is 18.6 Å². The first-order valence-electron chi connectivity index (χ1n) is 9.72. The van der Waals surface area contributed by atoms with Crippen LogP contribution in [-0.4, -0.2) is 39.8 Å². The van der Waals surface area contributed by atoms with Crippen LogP contribution in [0.3, 0.4) is 0 Å². The first-order valence-corrected chi connectivity index (χ1v) is 13.1. The molecule has 0 aliphatic rings. The topological polar surface area (TPSA) is 89.9 Å². The molecular weight excluding hydrogens is 407 g/mol. The maximum atomic E-state index is 12.1. The maximum absolute atomic E-state index is 12.1. The fourth-order valence-corrected chi connectivity index (χ4v) is 4.82. The highest BCUT2D eigenvalue weighted by Gasteiger charge is 2.24. The van der Waals surface area contributed by atoms with E-state index < -0.39 is 7.82 Å². The van der Waals surface area contributed by atoms with Crippen LogP contribution in [-0.2, 0) is 23.2 Å². The van der Waals surface area contributed by atoms with Gasteiger partial charge in [-0.05, 0) is 12.8 Å². The zero-order valence-electron chi connectivity index (χ0n) is 16.8. The van der Waals surface area contributed by atoms with Gasteiger partial charge in [0.05, 0.1) is 6.61 Å². The number of rotatable bonds is 17. The van der Waals surface area contributed by atoms with Crippen LogP contribution < -0.4 is 0 Å². The quantitative estimate of drug-likeness (QED) is 0.231. The monoisotopic (exact) mass is 442 g/mol. The molecule has 0 aliphatic carbocycles. The molecule has 0 bridgehead atoms. The Morgan fingerprint density at radius 3 is 2.04 bits per heavy atom. The summed E-state index contributed by atoms with van der Waals surface area (Å²) in [4.78, 5) is 33.5. The molecule has 0 amide bonds. The van der Waals surface area contributed by atoms with Gasteiger partial charge >= 0.3 is 7.82 Å². The van der Waals surface area contributed by atoms with Crippen LogP contribution in [0.5, 0.6) is 0 Å². The number of phosphoric ester groups is 1. The molecule has 0 aliphatic heterocycles. The molecule has 2 atom stereocenters. The summed E-state index contributed by atoms with van der Waals surface area (Å²) in [7, 11) is -3.00. The van der Waals surface area contributed by atoms with E-state index in [-0.39, 0.29) is 22.1 Å². The molecule has 0 saturated carbocycles. The van der Waals surface area contributed by atoms with Crippen LogP contribution in [0, 0.1) is 0 Å². The molecule has 0 radical (unpaired) electrons. The predicted molar refractivity (Wildman–Crippen MR) is 114 cm³/mol.